The summed E-state index contributed by atoms with van der Waals surface area (Å²) in [7, 11) is 1.31. The summed E-state index contributed by atoms with van der Waals surface area (Å²) in [4.78, 5) is 20.2. The second kappa shape index (κ2) is 8.21. The molecule has 132 valence electrons. The minimum atomic E-state index is -0.463. The van der Waals surface area contributed by atoms with Gasteiger partial charge in [0.2, 0.25) is 5.95 Å². The van der Waals surface area contributed by atoms with Crippen molar-refractivity contribution in [1.29, 1.82) is 0 Å². The predicted octanol–water partition coefficient (Wildman–Crippen LogP) is 3.06. The number of ether oxygens (including phenoxy) is 1. The number of aromatic nitrogens is 4. The zero-order valence-corrected chi connectivity index (χ0v) is 14.6. The third-order valence-electron chi connectivity index (χ3n) is 3.37. The second-order valence-corrected chi connectivity index (χ2v) is 5.56. The van der Waals surface area contributed by atoms with E-state index in [2.05, 4.69) is 30.8 Å². The normalized spacial score (nSPS) is 10.2. The van der Waals surface area contributed by atoms with Gasteiger partial charge in [0.1, 0.15) is 0 Å². The van der Waals surface area contributed by atoms with E-state index >= 15 is 0 Å². The minimum absolute atomic E-state index is 0.236. The van der Waals surface area contributed by atoms with E-state index in [9.17, 15) is 4.79 Å². The maximum Gasteiger partial charge on any atom is 0.337 e. The molecule has 2 N–H and O–H groups in total. The van der Waals surface area contributed by atoms with Crippen molar-refractivity contribution in [1.82, 2.24) is 20.2 Å². The molecule has 0 aliphatic heterocycles. The van der Waals surface area contributed by atoms with Crippen LogP contribution in [0.3, 0.4) is 0 Å². The second-order valence-electron chi connectivity index (χ2n) is 5.15. The van der Waals surface area contributed by atoms with E-state index in [4.69, 9.17) is 16.3 Å². The predicted molar refractivity (Wildman–Crippen MR) is 97.5 cm³/mol. The molecular weight excluding hydrogens is 356 g/mol. The zero-order valence-electron chi connectivity index (χ0n) is 13.8. The van der Waals surface area contributed by atoms with Crippen LogP contribution in [0.5, 0.6) is 0 Å². The van der Waals surface area contributed by atoms with Crippen molar-refractivity contribution in [3.8, 4) is 0 Å². The summed E-state index contributed by atoms with van der Waals surface area (Å²) in [6.45, 7) is 0.498. The Hall–Kier alpha value is -3.26. The topological polar surface area (TPSA) is 102 Å². The van der Waals surface area contributed by atoms with Crippen LogP contribution >= 0.6 is 11.6 Å². The number of halogens is 1. The highest BCUT2D eigenvalue weighted by molar-refractivity contribution is 6.33. The van der Waals surface area contributed by atoms with Gasteiger partial charge in [0.15, 0.2) is 5.82 Å². The number of hydrogen-bond donors (Lipinski definition) is 2. The molecule has 0 aliphatic rings. The van der Waals surface area contributed by atoms with Crippen LogP contribution in [0.2, 0.25) is 5.02 Å². The van der Waals surface area contributed by atoms with Gasteiger partial charge in [0, 0.05) is 6.20 Å². The number of benzene rings is 1. The lowest BCUT2D eigenvalue weighted by atomic mass is 10.2. The van der Waals surface area contributed by atoms with Crippen molar-refractivity contribution in [2.75, 3.05) is 17.7 Å². The quantitative estimate of drug-likeness (QED) is 0.638. The fraction of sp³-hybridized carbons (Fsp3) is 0.118. The van der Waals surface area contributed by atoms with Crippen molar-refractivity contribution in [2.24, 2.45) is 0 Å². The first-order chi connectivity index (χ1) is 12.7. The van der Waals surface area contributed by atoms with Crippen molar-refractivity contribution >= 4 is 35.0 Å². The molecule has 8 nitrogen and oxygen atoms in total. The number of nitrogens with one attached hydrogen (secondary N) is 2. The van der Waals surface area contributed by atoms with Gasteiger partial charge in [-0.05, 0) is 30.3 Å². The Kier molecular flexibility index (Phi) is 5.55. The van der Waals surface area contributed by atoms with Crippen LogP contribution < -0.4 is 10.6 Å². The molecule has 0 amide bonds. The Morgan fingerprint density at radius 2 is 2.15 bits per heavy atom. The van der Waals surface area contributed by atoms with Gasteiger partial charge in [-0.15, -0.1) is 5.10 Å². The third kappa shape index (κ3) is 4.42. The monoisotopic (exact) mass is 370 g/mol. The lowest BCUT2D eigenvalue weighted by Gasteiger charge is -2.09. The van der Waals surface area contributed by atoms with E-state index in [1.807, 2.05) is 18.2 Å². The molecule has 0 unspecified atom stereocenters. The molecule has 0 fully saturated rings. The summed E-state index contributed by atoms with van der Waals surface area (Å²) in [5.74, 6) is 0.294. The van der Waals surface area contributed by atoms with Crippen LogP contribution in [-0.2, 0) is 11.3 Å². The Labute approximate surface area is 154 Å². The van der Waals surface area contributed by atoms with E-state index < -0.39 is 5.97 Å². The largest absolute Gasteiger partial charge is 0.465 e. The van der Waals surface area contributed by atoms with Crippen LogP contribution in [0.4, 0.5) is 17.5 Å². The molecule has 0 bridgehead atoms. The SMILES string of the molecule is COC(=O)c1ccc(Cl)c(Nc2nncc(NCc3ccccn3)n2)c1. The van der Waals surface area contributed by atoms with Gasteiger partial charge >= 0.3 is 5.97 Å². The molecule has 0 radical (unpaired) electrons. The summed E-state index contributed by atoms with van der Waals surface area (Å²) in [6.07, 6.45) is 3.22. The standard InChI is InChI=1S/C17H15ClN6O2/c1-26-16(25)11-5-6-13(18)14(8-11)22-17-23-15(10-21-24-17)20-9-12-4-2-3-7-19-12/h2-8,10H,9H2,1H3,(H2,20,22,23,24). The maximum atomic E-state index is 11.7. The maximum absolute atomic E-state index is 11.7. The molecule has 9 heteroatoms. The van der Waals surface area contributed by atoms with E-state index in [0.717, 1.165) is 5.69 Å². The molecule has 2 heterocycles. The van der Waals surface area contributed by atoms with Crippen molar-refractivity contribution in [2.45, 2.75) is 6.54 Å². The van der Waals surface area contributed by atoms with Crippen LogP contribution in [-0.4, -0.2) is 33.2 Å². The summed E-state index contributed by atoms with van der Waals surface area (Å²) >= 11 is 6.16. The van der Waals surface area contributed by atoms with Gasteiger partial charge in [-0.3, -0.25) is 4.98 Å². The molecule has 1 aromatic carbocycles. The highest BCUT2D eigenvalue weighted by Crippen LogP contribution is 2.25. The molecular formula is C17H15ClN6O2. The van der Waals surface area contributed by atoms with Crippen LogP contribution in [0.15, 0.2) is 48.8 Å². The molecule has 3 rings (SSSR count). The Morgan fingerprint density at radius 1 is 1.27 bits per heavy atom. The summed E-state index contributed by atoms with van der Waals surface area (Å²) in [6, 6.07) is 10.4. The number of pyridine rings is 1. The molecule has 0 aliphatic carbocycles. The molecule has 0 spiro atoms. The average Bonchev–Trinajstić information content (AvgIpc) is 2.68. The summed E-state index contributed by atoms with van der Waals surface area (Å²) in [5, 5.41) is 14.3. The molecule has 3 aromatic rings. The highest BCUT2D eigenvalue weighted by atomic mass is 35.5. The highest BCUT2D eigenvalue weighted by Gasteiger charge is 2.10. The zero-order chi connectivity index (χ0) is 18.4. The first-order valence-electron chi connectivity index (χ1n) is 7.64. The van der Waals surface area contributed by atoms with Crippen molar-refractivity contribution < 1.29 is 9.53 Å². The lowest BCUT2D eigenvalue weighted by Crippen LogP contribution is -2.07. The minimum Gasteiger partial charge on any atom is -0.465 e. The summed E-state index contributed by atoms with van der Waals surface area (Å²) in [5.41, 5.74) is 1.70. The summed E-state index contributed by atoms with van der Waals surface area (Å²) < 4.78 is 4.71. The number of methoxy groups -OCH3 is 1. The molecule has 0 atom stereocenters. The van der Waals surface area contributed by atoms with E-state index in [-0.39, 0.29) is 5.95 Å². The van der Waals surface area contributed by atoms with E-state index in [1.54, 1.807) is 24.4 Å². The first-order valence-corrected chi connectivity index (χ1v) is 8.02. The number of rotatable bonds is 6. The van der Waals surface area contributed by atoms with Gasteiger partial charge < -0.3 is 15.4 Å². The van der Waals surface area contributed by atoms with Gasteiger partial charge in [-0.2, -0.15) is 10.1 Å². The van der Waals surface area contributed by atoms with Crippen LogP contribution in [0.1, 0.15) is 16.1 Å². The lowest BCUT2D eigenvalue weighted by molar-refractivity contribution is 0.0601. The fourth-order valence-electron chi connectivity index (χ4n) is 2.11. The fourth-order valence-corrected chi connectivity index (χ4v) is 2.28. The molecule has 26 heavy (non-hydrogen) atoms. The molecule has 0 saturated carbocycles. The number of anilines is 3. The van der Waals surface area contributed by atoms with E-state index in [1.165, 1.54) is 13.3 Å². The molecule has 2 aromatic heterocycles. The number of carbonyl (C=O) groups is 1. The van der Waals surface area contributed by atoms with Crippen LogP contribution in [0, 0.1) is 0 Å². The first kappa shape index (κ1) is 17.6. The van der Waals surface area contributed by atoms with Gasteiger partial charge in [0.05, 0.1) is 41.8 Å². The number of nitrogens with zero attached hydrogens (tertiary/aromatic N) is 4. The number of hydrogen-bond acceptors (Lipinski definition) is 8. The van der Waals surface area contributed by atoms with Crippen LogP contribution in [0.25, 0.3) is 0 Å². The Balaban J connectivity index is 1.73. The number of esters is 1. The Morgan fingerprint density at radius 3 is 2.92 bits per heavy atom. The van der Waals surface area contributed by atoms with Crippen molar-refractivity contribution in [3.05, 3.63) is 65.1 Å². The van der Waals surface area contributed by atoms with Crippen molar-refractivity contribution in [3.63, 3.8) is 0 Å². The number of carbonyl (C=O) groups excluding carboxylic acids is 1. The molecule has 0 saturated heterocycles. The van der Waals surface area contributed by atoms with Gasteiger partial charge in [-0.25, -0.2) is 4.79 Å². The average molecular weight is 371 g/mol. The van der Waals surface area contributed by atoms with Gasteiger partial charge in [0.25, 0.3) is 0 Å². The van der Waals surface area contributed by atoms with Gasteiger partial charge in [-0.1, -0.05) is 17.7 Å². The third-order valence-corrected chi connectivity index (χ3v) is 3.70. The Bertz CT molecular complexity index is 907. The smallest absolute Gasteiger partial charge is 0.337 e. The van der Waals surface area contributed by atoms with E-state index in [0.29, 0.717) is 28.6 Å².